The summed E-state index contributed by atoms with van der Waals surface area (Å²) in [6.45, 7) is 0. The second kappa shape index (κ2) is 5.10. The van der Waals surface area contributed by atoms with Crippen LogP contribution in [0.4, 0.5) is 5.69 Å². The Morgan fingerprint density at radius 3 is 2.42 bits per heavy atom. The number of rotatable bonds is 2. The van der Waals surface area contributed by atoms with Crippen molar-refractivity contribution < 1.29 is 5.11 Å². The van der Waals surface area contributed by atoms with E-state index in [9.17, 15) is 5.11 Å². The molecule has 0 radical (unpaired) electrons. The number of nitrogens with one attached hydrogen (secondary N) is 1. The van der Waals surface area contributed by atoms with Crippen LogP contribution in [0, 0.1) is 0 Å². The molecule has 0 saturated heterocycles. The predicted molar refractivity (Wildman–Crippen MR) is 79.5 cm³/mol. The largest absolute Gasteiger partial charge is 0.508 e. The summed E-state index contributed by atoms with van der Waals surface area (Å²) in [6, 6.07) is 12.7. The van der Waals surface area contributed by atoms with Crippen molar-refractivity contribution in [1.29, 1.82) is 0 Å². The van der Waals surface area contributed by atoms with E-state index in [4.69, 9.17) is 5.73 Å². The van der Waals surface area contributed by atoms with E-state index in [-0.39, 0.29) is 0 Å². The zero-order valence-electron chi connectivity index (χ0n) is 11.0. The van der Waals surface area contributed by atoms with Gasteiger partial charge >= 0.3 is 0 Å². The lowest BCUT2D eigenvalue weighted by Crippen LogP contribution is -2.32. The quantitative estimate of drug-likeness (QED) is 0.773. The highest BCUT2D eigenvalue weighted by molar-refractivity contribution is 5.86. The SMILES string of the molecule is NC1CCC(Nc2ccc3cc(O)ccc3c2)CC1. The van der Waals surface area contributed by atoms with Gasteiger partial charge in [0.2, 0.25) is 0 Å². The smallest absolute Gasteiger partial charge is 0.116 e. The van der Waals surface area contributed by atoms with E-state index in [0.717, 1.165) is 42.1 Å². The van der Waals surface area contributed by atoms with Crippen LogP contribution in [0.3, 0.4) is 0 Å². The molecule has 0 aliphatic heterocycles. The number of nitrogens with two attached hydrogens (primary N) is 1. The predicted octanol–water partition coefficient (Wildman–Crippen LogP) is 3.23. The van der Waals surface area contributed by atoms with Crippen LogP contribution < -0.4 is 11.1 Å². The fourth-order valence-electron chi connectivity index (χ4n) is 2.82. The molecule has 3 nitrogen and oxygen atoms in total. The molecule has 3 rings (SSSR count). The summed E-state index contributed by atoms with van der Waals surface area (Å²) < 4.78 is 0. The molecule has 1 fully saturated rings. The summed E-state index contributed by atoms with van der Waals surface area (Å²) in [6.07, 6.45) is 4.52. The van der Waals surface area contributed by atoms with Crippen LogP contribution in [0.2, 0.25) is 0 Å². The molecule has 0 aromatic heterocycles. The maximum atomic E-state index is 9.46. The Hall–Kier alpha value is -1.74. The van der Waals surface area contributed by atoms with Gasteiger partial charge in [-0.15, -0.1) is 0 Å². The lowest BCUT2D eigenvalue weighted by atomic mass is 9.91. The number of phenols is 1. The molecule has 0 atom stereocenters. The number of hydrogen-bond acceptors (Lipinski definition) is 3. The van der Waals surface area contributed by atoms with Crippen molar-refractivity contribution in [3.8, 4) is 5.75 Å². The van der Waals surface area contributed by atoms with Gasteiger partial charge in [0.1, 0.15) is 5.75 Å². The van der Waals surface area contributed by atoms with E-state index in [1.807, 2.05) is 12.1 Å². The van der Waals surface area contributed by atoms with Gasteiger partial charge in [-0.2, -0.15) is 0 Å². The molecule has 4 N–H and O–H groups in total. The van der Waals surface area contributed by atoms with Crippen LogP contribution in [0.25, 0.3) is 10.8 Å². The normalized spacial score (nSPS) is 23.4. The average Bonchev–Trinajstić information content (AvgIpc) is 2.42. The van der Waals surface area contributed by atoms with E-state index in [1.54, 1.807) is 12.1 Å². The lowest BCUT2D eigenvalue weighted by Gasteiger charge is -2.27. The summed E-state index contributed by atoms with van der Waals surface area (Å²) in [7, 11) is 0. The molecule has 0 amide bonds. The van der Waals surface area contributed by atoms with Crippen molar-refractivity contribution in [2.45, 2.75) is 37.8 Å². The van der Waals surface area contributed by atoms with Crippen LogP contribution in [-0.2, 0) is 0 Å². The number of phenolic OH excluding ortho intramolecular Hbond substituents is 1. The van der Waals surface area contributed by atoms with Gasteiger partial charge in [-0.05, 0) is 60.7 Å². The average molecular weight is 256 g/mol. The first-order valence-electron chi connectivity index (χ1n) is 6.95. The molecule has 2 aromatic carbocycles. The number of fused-ring (bicyclic) bond motifs is 1. The third-order valence-electron chi connectivity index (χ3n) is 3.97. The first-order valence-corrected chi connectivity index (χ1v) is 6.95. The molecule has 0 spiro atoms. The molecule has 0 heterocycles. The monoisotopic (exact) mass is 256 g/mol. The van der Waals surface area contributed by atoms with Crippen LogP contribution in [-0.4, -0.2) is 17.2 Å². The molecular weight excluding hydrogens is 236 g/mol. The minimum Gasteiger partial charge on any atom is -0.508 e. The van der Waals surface area contributed by atoms with E-state index >= 15 is 0 Å². The highest BCUT2D eigenvalue weighted by Crippen LogP contribution is 2.26. The van der Waals surface area contributed by atoms with Crippen molar-refractivity contribution in [2.75, 3.05) is 5.32 Å². The van der Waals surface area contributed by atoms with Gasteiger partial charge in [-0.25, -0.2) is 0 Å². The molecule has 1 saturated carbocycles. The summed E-state index contributed by atoms with van der Waals surface area (Å²) in [5.41, 5.74) is 7.08. The van der Waals surface area contributed by atoms with Crippen LogP contribution in [0.1, 0.15) is 25.7 Å². The highest BCUT2D eigenvalue weighted by atomic mass is 16.3. The third kappa shape index (κ3) is 2.82. The topological polar surface area (TPSA) is 58.3 Å². The molecule has 3 heteroatoms. The molecule has 1 aliphatic carbocycles. The molecule has 0 unspecified atom stereocenters. The lowest BCUT2D eigenvalue weighted by molar-refractivity contribution is 0.411. The third-order valence-corrected chi connectivity index (χ3v) is 3.97. The van der Waals surface area contributed by atoms with E-state index in [1.165, 1.54) is 0 Å². The number of aromatic hydroxyl groups is 1. The second-order valence-corrected chi connectivity index (χ2v) is 5.50. The van der Waals surface area contributed by atoms with E-state index < -0.39 is 0 Å². The summed E-state index contributed by atoms with van der Waals surface area (Å²) in [5, 5.41) is 15.3. The molecule has 19 heavy (non-hydrogen) atoms. The molecule has 0 bridgehead atoms. The zero-order chi connectivity index (χ0) is 13.2. The Bertz CT molecular complexity index is 574. The van der Waals surface area contributed by atoms with Gasteiger partial charge in [0.15, 0.2) is 0 Å². The fourth-order valence-corrected chi connectivity index (χ4v) is 2.82. The van der Waals surface area contributed by atoms with Crippen molar-refractivity contribution in [3.05, 3.63) is 36.4 Å². The number of benzene rings is 2. The zero-order valence-corrected chi connectivity index (χ0v) is 11.0. The Kier molecular flexibility index (Phi) is 3.30. The fraction of sp³-hybridized carbons (Fsp3) is 0.375. The van der Waals surface area contributed by atoms with Gasteiger partial charge in [0.25, 0.3) is 0 Å². The van der Waals surface area contributed by atoms with Gasteiger partial charge in [0.05, 0.1) is 0 Å². The minimum absolute atomic E-state index is 0.314. The summed E-state index contributed by atoms with van der Waals surface area (Å²) in [5.74, 6) is 0.314. The first-order chi connectivity index (χ1) is 9.20. The molecule has 1 aliphatic rings. The summed E-state index contributed by atoms with van der Waals surface area (Å²) in [4.78, 5) is 0. The minimum atomic E-state index is 0.314. The Morgan fingerprint density at radius 2 is 1.63 bits per heavy atom. The van der Waals surface area contributed by atoms with Gasteiger partial charge in [-0.1, -0.05) is 12.1 Å². The van der Waals surface area contributed by atoms with E-state index in [2.05, 4.69) is 17.4 Å². The van der Waals surface area contributed by atoms with Crippen LogP contribution in [0.15, 0.2) is 36.4 Å². The molecular formula is C16H20N2O. The number of hydrogen-bond donors (Lipinski definition) is 3. The van der Waals surface area contributed by atoms with Gasteiger partial charge < -0.3 is 16.2 Å². The molecule has 100 valence electrons. The second-order valence-electron chi connectivity index (χ2n) is 5.50. The number of anilines is 1. The van der Waals surface area contributed by atoms with Crippen LogP contribution in [0.5, 0.6) is 5.75 Å². The Labute approximate surface area is 113 Å². The maximum Gasteiger partial charge on any atom is 0.116 e. The van der Waals surface area contributed by atoms with Crippen molar-refractivity contribution in [2.24, 2.45) is 5.73 Å². The van der Waals surface area contributed by atoms with Gasteiger partial charge in [0, 0.05) is 17.8 Å². The van der Waals surface area contributed by atoms with Gasteiger partial charge in [-0.3, -0.25) is 0 Å². The van der Waals surface area contributed by atoms with Crippen molar-refractivity contribution in [3.63, 3.8) is 0 Å². The first kappa shape index (κ1) is 12.3. The molecule has 2 aromatic rings. The maximum absolute atomic E-state index is 9.46. The van der Waals surface area contributed by atoms with Crippen LogP contribution >= 0.6 is 0 Å². The standard InChI is InChI=1S/C16H20N2O/c17-13-3-6-14(7-4-13)18-15-5-1-12-10-16(19)8-2-11(12)9-15/h1-2,5,8-10,13-14,18-19H,3-4,6-7,17H2. The Balaban J connectivity index is 1.76. The highest BCUT2D eigenvalue weighted by Gasteiger charge is 2.18. The van der Waals surface area contributed by atoms with Crippen molar-refractivity contribution in [1.82, 2.24) is 0 Å². The van der Waals surface area contributed by atoms with E-state index in [0.29, 0.717) is 17.8 Å². The summed E-state index contributed by atoms with van der Waals surface area (Å²) >= 11 is 0. The van der Waals surface area contributed by atoms with Crippen molar-refractivity contribution >= 4 is 16.5 Å². The Morgan fingerprint density at radius 1 is 0.947 bits per heavy atom.